The normalized spacial score (nSPS) is 15.9. The molecule has 1 aliphatic heterocycles. The maximum atomic E-state index is 12.8. The van der Waals surface area contributed by atoms with Gasteiger partial charge in [0.25, 0.3) is 5.56 Å². The molecule has 0 radical (unpaired) electrons. The third-order valence-electron chi connectivity index (χ3n) is 4.83. The first kappa shape index (κ1) is 21.9. The number of nitrogens with zero attached hydrogens (tertiary/aromatic N) is 4. The number of fused-ring (bicyclic) bond motifs is 1. The van der Waals surface area contributed by atoms with Gasteiger partial charge in [-0.3, -0.25) is 13.9 Å². The van der Waals surface area contributed by atoms with Gasteiger partial charge in [0.15, 0.2) is 0 Å². The maximum Gasteiger partial charge on any atom is 0.434 e. The van der Waals surface area contributed by atoms with E-state index in [0.29, 0.717) is 23.5 Å². The standard InChI is InChI=1S/C17H20F3N5O4S/c1-3-24-12(26)11-9(2)10(8-23-7-5-21-14(23)22-15(27)28)30-13(11)25(16(24)29)6-4-17(18,19)20/h3-8H2,1-2H3,(H,21,22)(H,27,28). The second kappa shape index (κ2) is 8.13. The zero-order valence-electron chi connectivity index (χ0n) is 16.2. The topological polar surface area (TPSA) is 109 Å². The van der Waals surface area contributed by atoms with Crippen LogP contribution in [0.4, 0.5) is 18.0 Å². The number of carboxylic acid groups (broad SMARTS) is 1. The zero-order chi connectivity index (χ0) is 22.2. The van der Waals surface area contributed by atoms with Crippen LogP contribution in [0.5, 0.6) is 0 Å². The first-order chi connectivity index (χ1) is 14.0. The minimum atomic E-state index is -4.45. The molecule has 2 aromatic heterocycles. The Kier molecular flexibility index (Phi) is 5.92. The molecule has 30 heavy (non-hydrogen) atoms. The fourth-order valence-corrected chi connectivity index (χ4v) is 4.69. The van der Waals surface area contributed by atoms with Crippen LogP contribution in [0.2, 0.25) is 0 Å². The van der Waals surface area contributed by atoms with Crippen molar-refractivity contribution < 1.29 is 23.1 Å². The SMILES string of the molecule is CCn1c(=O)c2c(C)c(CN3CCN/C3=N\C(=O)O)sc2n(CCC(F)(F)F)c1=O. The van der Waals surface area contributed by atoms with Gasteiger partial charge in [-0.15, -0.1) is 16.3 Å². The van der Waals surface area contributed by atoms with Crippen molar-refractivity contribution in [2.24, 2.45) is 4.99 Å². The molecule has 0 unspecified atom stereocenters. The van der Waals surface area contributed by atoms with Crippen molar-refractivity contribution in [2.45, 2.75) is 46.1 Å². The van der Waals surface area contributed by atoms with E-state index in [2.05, 4.69) is 10.3 Å². The summed E-state index contributed by atoms with van der Waals surface area (Å²) in [6, 6.07) is 0. The Morgan fingerprint density at radius 1 is 1.30 bits per heavy atom. The fourth-order valence-electron chi connectivity index (χ4n) is 3.35. The molecule has 2 N–H and O–H groups in total. The molecule has 2 aromatic rings. The van der Waals surface area contributed by atoms with Crippen LogP contribution in [0.25, 0.3) is 10.2 Å². The number of hydrogen-bond acceptors (Lipinski definition) is 4. The molecule has 3 heterocycles. The number of nitrogens with one attached hydrogen (secondary N) is 1. The highest BCUT2D eigenvalue weighted by Gasteiger charge is 2.29. The van der Waals surface area contributed by atoms with Gasteiger partial charge >= 0.3 is 18.0 Å². The van der Waals surface area contributed by atoms with E-state index < -0.39 is 36.5 Å². The van der Waals surface area contributed by atoms with E-state index in [4.69, 9.17) is 5.11 Å². The van der Waals surface area contributed by atoms with E-state index >= 15 is 0 Å². The van der Waals surface area contributed by atoms with Gasteiger partial charge < -0.3 is 15.3 Å². The number of aromatic nitrogens is 2. The van der Waals surface area contributed by atoms with Crippen molar-refractivity contribution in [3.8, 4) is 0 Å². The van der Waals surface area contributed by atoms with Crippen molar-refractivity contribution in [1.82, 2.24) is 19.4 Å². The molecule has 1 amide bonds. The van der Waals surface area contributed by atoms with E-state index in [0.717, 1.165) is 20.5 Å². The summed E-state index contributed by atoms with van der Waals surface area (Å²) in [5, 5.41) is 11.9. The number of amides is 1. The Morgan fingerprint density at radius 2 is 2.00 bits per heavy atom. The first-order valence-corrected chi connectivity index (χ1v) is 9.98. The van der Waals surface area contributed by atoms with Crippen LogP contribution >= 0.6 is 11.3 Å². The number of alkyl halides is 3. The average molecular weight is 447 g/mol. The highest BCUT2D eigenvalue weighted by Crippen LogP contribution is 2.30. The molecule has 0 aromatic carbocycles. The Labute approximate surface area is 172 Å². The predicted octanol–water partition coefficient (Wildman–Crippen LogP) is 1.94. The molecule has 13 heteroatoms. The van der Waals surface area contributed by atoms with Crippen molar-refractivity contribution >= 4 is 33.6 Å². The minimum absolute atomic E-state index is 0.0374. The third kappa shape index (κ3) is 4.20. The second-order valence-electron chi connectivity index (χ2n) is 6.75. The number of aliphatic imine (C=N–C) groups is 1. The van der Waals surface area contributed by atoms with Gasteiger partial charge in [-0.25, -0.2) is 9.59 Å². The lowest BCUT2D eigenvalue weighted by Crippen LogP contribution is -2.39. The van der Waals surface area contributed by atoms with E-state index in [1.807, 2.05) is 0 Å². The summed E-state index contributed by atoms with van der Waals surface area (Å²) < 4.78 is 40.3. The summed E-state index contributed by atoms with van der Waals surface area (Å²) >= 11 is 1.07. The van der Waals surface area contributed by atoms with Gasteiger partial charge in [-0.2, -0.15) is 13.2 Å². The molecule has 164 valence electrons. The monoisotopic (exact) mass is 447 g/mol. The molecule has 1 saturated heterocycles. The van der Waals surface area contributed by atoms with E-state index in [9.17, 15) is 27.6 Å². The quantitative estimate of drug-likeness (QED) is 0.725. The second-order valence-corrected chi connectivity index (χ2v) is 7.83. The Morgan fingerprint density at radius 3 is 2.60 bits per heavy atom. The molecule has 1 aliphatic rings. The molecule has 0 spiro atoms. The maximum absolute atomic E-state index is 12.8. The summed E-state index contributed by atoms with van der Waals surface area (Å²) in [6.07, 6.45) is -7.00. The van der Waals surface area contributed by atoms with E-state index in [1.54, 1.807) is 18.7 Å². The molecule has 0 atom stereocenters. The van der Waals surface area contributed by atoms with E-state index in [1.165, 1.54) is 0 Å². The van der Waals surface area contributed by atoms with Crippen LogP contribution in [0.15, 0.2) is 14.6 Å². The number of guanidine groups is 1. The zero-order valence-corrected chi connectivity index (χ0v) is 17.1. The number of halogens is 3. The molecule has 0 aliphatic carbocycles. The Balaban J connectivity index is 2.11. The van der Waals surface area contributed by atoms with Crippen LogP contribution in [0.3, 0.4) is 0 Å². The lowest BCUT2D eigenvalue weighted by molar-refractivity contribution is -0.136. The van der Waals surface area contributed by atoms with Crippen LogP contribution < -0.4 is 16.6 Å². The number of thiophene rings is 1. The van der Waals surface area contributed by atoms with Crippen molar-refractivity contribution in [3.63, 3.8) is 0 Å². The molecule has 0 saturated carbocycles. The van der Waals surface area contributed by atoms with Gasteiger partial charge in [0.2, 0.25) is 5.96 Å². The molecular weight excluding hydrogens is 427 g/mol. The van der Waals surface area contributed by atoms with Gasteiger partial charge in [-0.1, -0.05) is 0 Å². The Hall–Kier alpha value is -2.83. The van der Waals surface area contributed by atoms with Gasteiger partial charge in [0.05, 0.1) is 18.4 Å². The average Bonchev–Trinajstić information content (AvgIpc) is 3.19. The molecule has 9 nitrogen and oxygen atoms in total. The van der Waals surface area contributed by atoms with Crippen molar-refractivity contribution in [3.05, 3.63) is 31.3 Å². The summed E-state index contributed by atoms with van der Waals surface area (Å²) in [4.78, 5) is 42.3. The number of aryl methyl sites for hydroxylation is 2. The smallest absolute Gasteiger partial charge is 0.434 e. The van der Waals surface area contributed by atoms with Crippen LogP contribution in [0, 0.1) is 6.92 Å². The largest absolute Gasteiger partial charge is 0.463 e. The Bertz CT molecular complexity index is 1130. The molecule has 3 rings (SSSR count). The highest BCUT2D eigenvalue weighted by atomic mass is 32.1. The van der Waals surface area contributed by atoms with Crippen LogP contribution in [-0.2, 0) is 19.6 Å². The minimum Gasteiger partial charge on any atom is -0.463 e. The van der Waals surface area contributed by atoms with Crippen molar-refractivity contribution in [1.29, 1.82) is 0 Å². The van der Waals surface area contributed by atoms with E-state index in [-0.39, 0.29) is 29.3 Å². The summed E-state index contributed by atoms with van der Waals surface area (Å²) in [6.45, 7) is 3.87. The molecular formula is C17H20F3N5O4S. The van der Waals surface area contributed by atoms with Gasteiger partial charge in [0, 0.05) is 31.1 Å². The lowest BCUT2D eigenvalue weighted by Gasteiger charge is -2.16. The van der Waals surface area contributed by atoms with Crippen LogP contribution in [-0.4, -0.2) is 50.5 Å². The first-order valence-electron chi connectivity index (χ1n) is 9.16. The number of carbonyl (C=O) groups is 1. The molecule has 0 bridgehead atoms. The predicted molar refractivity (Wildman–Crippen MR) is 105 cm³/mol. The van der Waals surface area contributed by atoms with Gasteiger partial charge in [0.1, 0.15) is 4.83 Å². The highest BCUT2D eigenvalue weighted by molar-refractivity contribution is 7.18. The molecule has 1 fully saturated rings. The lowest BCUT2D eigenvalue weighted by atomic mass is 10.2. The summed E-state index contributed by atoms with van der Waals surface area (Å²) in [5.41, 5.74) is -0.757. The summed E-state index contributed by atoms with van der Waals surface area (Å²) in [7, 11) is 0. The fraction of sp³-hybridized carbons (Fsp3) is 0.529. The number of rotatable bonds is 5. The van der Waals surface area contributed by atoms with Gasteiger partial charge in [-0.05, 0) is 19.4 Å². The van der Waals surface area contributed by atoms with Crippen LogP contribution in [0.1, 0.15) is 23.8 Å². The number of hydrogen-bond donors (Lipinski definition) is 2. The van der Waals surface area contributed by atoms with Crippen molar-refractivity contribution in [2.75, 3.05) is 13.1 Å². The third-order valence-corrected chi connectivity index (χ3v) is 6.13. The summed E-state index contributed by atoms with van der Waals surface area (Å²) in [5.74, 6) is 0.166.